The SMILES string of the molecule is Cc1ccc(N(c2ccc3c(c2)sc2c4ccc(N(c5ccc(C)cc5)c5cccc6c5oc5ccccc56)cc4c4ccccc4c32)c2cccc3c2oc2ccccc23)cc1.c1ccc2c(c1)ccc1ccc(N(c3ccc4c(c3)sc3c5ccc(N(c6ccc7ccc8ccccc8c7c6)c6cccc7c6oc6ccccc67)cc5c5ccccc5c43)c3cccc4c3oc3ccccc34)cc12. The van der Waals surface area contributed by atoms with Gasteiger partial charge in [-0.1, -0.05) is 314 Å². The molecule has 0 radical (unpaired) electrons. The van der Waals surface area contributed by atoms with Gasteiger partial charge in [-0.15, -0.1) is 22.7 Å². The molecule has 8 nitrogen and oxygen atoms in total. The number of thiophene rings is 2. The van der Waals surface area contributed by atoms with E-state index in [0.29, 0.717) is 0 Å². The summed E-state index contributed by atoms with van der Waals surface area (Å²) in [5.41, 5.74) is 21.9. The van der Waals surface area contributed by atoms with E-state index in [-0.39, 0.29) is 0 Å². The minimum absolute atomic E-state index is 0.857. The number of hydrogen-bond donors (Lipinski definition) is 0. The lowest BCUT2D eigenvalue weighted by atomic mass is 9.96. The number of anilines is 12. The maximum Gasteiger partial charge on any atom is 0.159 e. The minimum Gasteiger partial charge on any atom is -0.454 e. The summed E-state index contributed by atoms with van der Waals surface area (Å²) in [6.07, 6.45) is 0. The van der Waals surface area contributed by atoms with Crippen molar-refractivity contribution >= 4 is 305 Å². The zero-order valence-corrected chi connectivity index (χ0v) is 77.6. The van der Waals surface area contributed by atoms with E-state index in [2.05, 4.69) is 458 Å². The number of hydrogen-bond acceptors (Lipinski definition) is 10. The van der Waals surface area contributed by atoms with Gasteiger partial charge in [-0.2, -0.15) is 0 Å². The fourth-order valence-corrected chi connectivity index (χ4v) is 25.0. The van der Waals surface area contributed by atoms with Crippen molar-refractivity contribution in [2.24, 2.45) is 0 Å². The van der Waals surface area contributed by atoms with Crippen LogP contribution in [0.15, 0.2) is 467 Å². The zero-order valence-electron chi connectivity index (χ0n) is 76.0. The molecule has 6 heterocycles. The van der Waals surface area contributed by atoms with Crippen molar-refractivity contribution in [2.75, 3.05) is 19.6 Å². The van der Waals surface area contributed by atoms with Crippen LogP contribution in [-0.4, -0.2) is 0 Å². The summed E-state index contributed by atoms with van der Waals surface area (Å²) in [4.78, 5) is 9.49. The average Bonchev–Trinajstić information content (AvgIpc) is 1.54. The highest BCUT2D eigenvalue weighted by molar-refractivity contribution is 7.27. The quantitative estimate of drug-likeness (QED) is 0.112. The van der Waals surface area contributed by atoms with E-state index in [1.165, 1.54) is 138 Å². The number of nitrogens with zero attached hydrogens (tertiary/aromatic N) is 4. The summed E-state index contributed by atoms with van der Waals surface area (Å²) in [6, 6.07) is 163. The molecule has 24 aromatic carbocycles. The van der Waals surface area contributed by atoms with Crippen LogP contribution in [0.5, 0.6) is 0 Å². The Bertz CT molecular complexity index is 10500. The van der Waals surface area contributed by atoms with Gasteiger partial charge in [-0.05, 0) is 235 Å². The lowest BCUT2D eigenvalue weighted by Crippen LogP contribution is -2.10. The molecule has 0 bridgehead atoms. The first kappa shape index (κ1) is 79.6. The molecule has 30 rings (SSSR count). The predicted octanol–water partition coefficient (Wildman–Crippen LogP) is 39.4. The summed E-state index contributed by atoms with van der Waals surface area (Å²) in [5, 5.41) is 33.5. The second-order valence-corrected chi connectivity index (χ2v) is 39.0. The maximum absolute atomic E-state index is 6.82. The van der Waals surface area contributed by atoms with E-state index < -0.39 is 0 Å². The molecule has 0 unspecified atom stereocenters. The highest BCUT2D eigenvalue weighted by Gasteiger charge is 2.29. The molecule has 0 atom stereocenters. The monoisotopic (exact) mass is 1820 g/mol. The van der Waals surface area contributed by atoms with Gasteiger partial charge in [0.2, 0.25) is 0 Å². The van der Waals surface area contributed by atoms with Gasteiger partial charge in [-0.25, -0.2) is 0 Å². The number of para-hydroxylation sites is 8. The third-order valence-electron chi connectivity index (χ3n) is 28.9. The molecule has 0 saturated carbocycles. The number of aryl methyl sites for hydroxylation is 2. The Balaban J connectivity index is 0.000000137. The van der Waals surface area contributed by atoms with Gasteiger partial charge in [-0.3, -0.25) is 0 Å². The normalized spacial score (nSPS) is 12.1. The van der Waals surface area contributed by atoms with Crippen LogP contribution in [0.1, 0.15) is 11.1 Å². The van der Waals surface area contributed by atoms with Crippen molar-refractivity contribution in [3.63, 3.8) is 0 Å². The predicted molar refractivity (Wildman–Crippen MR) is 596 cm³/mol. The van der Waals surface area contributed by atoms with Crippen LogP contribution < -0.4 is 19.6 Å². The molecule has 30 aromatic rings. The first-order valence-corrected chi connectivity index (χ1v) is 49.3. The Morgan fingerprint density at radius 1 is 0.164 bits per heavy atom. The molecule has 10 heteroatoms. The summed E-state index contributed by atoms with van der Waals surface area (Å²) in [5.74, 6) is 0. The molecule has 656 valence electrons. The van der Waals surface area contributed by atoms with E-state index in [1.54, 1.807) is 0 Å². The van der Waals surface area contributed by atoms with Crippen LogP contribution in [0.4, 0.5) is 68.2 Å². The molecule has 0 N–H and O–H groups in total. The fraction of sp³-hybridized carbons (Fsp3) is 0.0154. The summed E-state index contributed by atoms with van der Waals surface area (Å²) < 4.78 is 31.9. The lowest BCUT2D eigenvalue weighted by Gasteiger charge is -2.26. The van der Waals surface area contributed by atoms with Gasteiger partial charge < -0.3 is 37.3 Å². The Morgan fingerprint density at radius 3 is 0.750 bits per heavy atom. The van der Waals surface area contributed by atoms with Gasteiger partial charge in [0.25, 0.3) is 0 Å². The van der Waals surface area contributed by atoms with Crippen molar-refractivity contribution in [3.8, 4) is 0 Å². The Morgan fingerprint density at radius 2 is 0.407 bits per heavy atom. The van der Waals surface area contributed by atoms with E-state index in [9.17, 15) is 0 Å². The standard InChI is InChI=1S/C72H42N2O2S.C58H38N2O2S/c1-3-15-51-43(13-1)27-29-45-31-33-47(39-61(45)51)73(64-23-11-21-57-54-18-7-9-25-66(54)75-70(57)64)49-35-37-59-63(41-49)53-17-5-6-20-56(53)69-60-38-36-50(42-68(60)77-72(59)69)74(65-24-12-22-58-55-19-8-10-26-67(55)76-71(58)65)48-34-32-46-30-28-44-14-2-4-16-52(44)62(46)40-48;1-35-21-25-37(26-22-35)59(50-17-9-15-45-42-12-5-7-19-52(42)61-56(45)50)39-29-31-47-49(33-39)41-11-3-4-14-44(41)55-48-32-30-40(34-54(48)63-58(47)55)60(38-27-23-36(2)24-28-38)51-18-10-16-46-43-13-6-8-20-53(43)62-57(46)51/h1-42H;3-34H,1-2H3. The van der Waals surface area contributed by atoms with Crippen molar-refractivity contribution in [1.82, 2.24) is 0 Å². The highest BCUT2D eigenvalue weighted by Crippen LogP contribution is 2.55. The average molecular weight is 1830 g/mol. The number of fused-ring (bicyclic) bond motifs is 34. The van der Waals surface area contributed by atoms with Crippen LogP contribution in [0.2, 0.25) is 0 Å². The van der Waals surface area contributed by atoms with Crippen LogP contribution in [0, 0.1) is 13.8 Å². The third-order valence-corrected chi connectivity index (χ3v) is 31.3. The molecular formula is C130H80N4O4S2. The summed E-state index contributed by atoms with van der Waals surface area (Å²) in [7, 11) is 0. The molecule has 0 aliphatic rings. The fourth-order valence-electron chi connectivity index (χ4n) is 22.4. The van der Waals surface area contributed by atoms with Crippen molar-refractivity contribution in [2.45, 2.75) is 13.8 Å². The third kappa shape index (κ3) is 12.5. The van der Waals surface area contributed by atoms with Gasteiger partial charge in [0.05, 0.1) is 22.7 Å². The van der Waals surface area contributed by atoms with Crippen molar-refractivity contribution < 1.29 is 17.7 Å². The molecule has 0 amide bonds. The van der Waals surface area contributed by atoms with Gasteiger partial charge in [0.15, 0.2) is 22.3 Å². The van der Waals surface area contributed by atoms with Crippen molar-refractivity contribution in [3.05, 3.63) is 460 Å². The molecule has 0 fully saturated rings. The van der Waals surface area contributed by atoms with Crippen LogP contribution in [0.25, 0.3) is 214 Å². The lowest BCUT2D eigenvalue weighted by molar-refractivity contribution is 0.668. The molecule has 0 aliphatic carbocycles. The summed E-state index contributed by atoms with van der Waals surface area (Å²) in [6.45, 7) is 4.27. The Hall–Kier alpha value is -17.8. The van der Waals surface area contributed by atoms with E-state index >= 15 is 0 Å². The molecule has 0 aliphatic heterocycles. The number of rotatable bonds is 12. The first-order chi connectivity index (χ1) is 69.2. The second kappa shape index (κ2) is 31.4. The Labute approximate surface area is 810 Å². The number of benzene rings is 24. The zero-order chi connectivity index (χ0) is 92.1. The minimum atomic E-state index is 0.857. The molecule has 0 spiro atoms. The van der Waals surface area contributed by atoms with Gasteiger partial charge in [0.1, 0.15) is 22.3 Å². The second-order valence-electron chi connectivity index (χ2n) is 36.9. The van der Waals surface area contributed by atoms with E-state index in [0.717, 1.165) is 156 Å². The van der Waals surface area contributed by atoms with Gasteiger partial charge in [0, 0.05) is 140 Å². The molecule has 6 aromatic heterocycles. The van der Waals surface area contributed by atoms with Crippen molar-refractivity contribution in [1.29, 1.82) is 0 Å². The van der Waals surface area contributed by atoms with Crippen LogP contribution >= 0.6 is 22.7 Å². The summed E-state index contributed by atoms with van der Waals surface area (Å²) >= 11 is 3.75. The largest absolute Gasteiger partial charge is 0.454 e. The smallest absolute Gasteiger partial charge is 0.159 e. The van der Waals surface area contributed by atoms with E-state index in [1.807, 2.05) is 46.9 Å². The molecular weight excluding hydrogens is 1750 g/mol. The van der Waals surface area contributed by atoms with E-state index in [4.69, 9.17) is 17.7 Å². The topological polar surface area (TPSA) is 65.5 Å². The van der Waals surface area contributed by atoms with Crippen LogP contribution in [0.3, 0.4) is 0 Å². The number of furan rings is 4. The molecule has 0 saturated heterocycles. The highest BCUT2D eigenvalue weighted by atomic mass is 32.1. The first-order valence-electron chi connectivity index (χ1n) is 47.6. The molecule has 140 heavy (non-hydrogen) atoms. The Kier molecular flexibility index (Phi) is 17.8. The van der Waals surface area contributed by atoms with Crippen LogP contribution in [-0.2, 0) is 0 Å². The maximum atomic E-state index is 6.82. The van der Waals surface area contributed by atoms with Gasteiger partial charge >= 0.3 is 0 Å².